The van der Waals surface area contributed by atoms with Gasteiger partial charge in [0.25, 0.3) is 0 Å². The van der Waals surface area contributed by atoms with E-state index in [1.54, 1.807) is 0 Å². The Labute approximate surface area is 177 Å². The number of urea groups is 1. The molecule has 3 N–H and O–H groups in total. The Morgan fingerprint density at radius 1 is 0.833 bits per heavy atom. The summed E-state index contributed by atoms with van der Waals surface area (Å²) in [6.07, 6.45) is 0.743. The molecule has 0 fully saturated rings. The maximum atomic E-state index is 12.3. The number of imide groups is 1. The predicted octanol–water partition coefficient (Wildman–Crippen LogP) is 4.53. The average molecular weight is 402 g/mol. The van der Waals surface area contributed by atoms with E-state index in [0.29, 0.717) is 5.69 Å². The minimum Gasteiger partial charge on any atom is -0.307 e. The zero-order valence-corrected chi connectivity index (χ0v) is 17.3. The summed E-state index contributed by atoms with van der Waals surface area (Å²) in [6, 6.07) is 25.2. The van der Waals surface area contributed by atoms with E-state index in [0.717, 1.165) is 23.1 Å². The summed E-state index contributed by atoms with van der Waals surface area (Å²) in [4.78, 5) is 24.6. The Morgan fingerprint density at radius 2 is 1.50 bits per heavy atom. The van der Waals surface area contributed by atoms with Crippen molar-refractivity contribution in [3.8, 4) is 0 Å². The van der Waals surface area contributed by atoms with Gasteiger partial charge in [-0.1, -0.05) is 72.8 Å². The van der Waals surface area contributed by atoms with Crippen molar-refractivity contribution < 1.29 is 9.59 Å². The first-order valence-corrected chi connectivity index (χ1v) is 10.0. The van der Waals surface area contributed by atoms with Gasteiger partial charge in [0.05, 0.1) is 6.54 Å². The van der Waals surface area contributed by atoms with Crippen molar-refractivity contribution in [1.29, 1.82) is 0 Å². The van der Waals surface area contributed by atoms with Crippen LogP contribution in [0.25, 0.3) is 0 Å². The first kappa shape index (κ1) is 21.3. The van der Waals surface area contributed by atoms with Crippen molar-refractivity contribution in [2.45, 2.75) is 26.3 Å². The van der Waals surface area contributed by atoms with Crippen LogP contribution < -0.4 is 16.0 Å². The van der Waals surface area contributed by atoms with Crippen LogP contribution >= 0.6 is 0 Å². The predicted molar refractivity (Wildman–Crippen MR) is 120 cm³/mol. The van der Waals surface area contributed by atoms with Gasteiger partial charge in [0.1, 0.15) is 0 Å². The third kappa shape index (κ3) is 6.03. The summed E-state index contributed by atoms with van der Waals surface area (Å²) >= 11 is 0. The number of benzene rings is 3. The highest BCUT2D eigenvalue weighted by molar-refractivity contribution is 6.02. The Bertz CT molecular complexity index is 988. The summed E-state index contributed by atoms with van der Waals surface area (Å²) in [5.41, 5.74) is 5.01. The highest BCUT2D eigenvalue weighted by Gasteiger charge is 2.15. The van der Waals surface area contributed by atoms with Gasteiger partial charge >= 0.3 is 6.03 Å². The first-order valence-electron chi connectivity index (χ1n) is 10.0. The van der Waals surface area contributed by atoms with Crippen molar-refractivity contribution >= 4 is 17.6 Å². The van der Waals surface area contributed by atoms with Crippen LogP contribution in [-0.4, -0.2) is 18.5 Å². The number of hydrogen-bond acceptors (Lipinski definition) is 3. The summed E-state index contributed by atoms with van der Waals surface area (Å²) in [6.45, 7) is 3.94. The number of nitrogens with one attached hydrogen (secondary N) is 3. The molecule has 5 nitrogen and oxygen atoms in total. The van der Waals surface area contributed by atoms with Crippen LogP contribution in [0.15, 0.2) is 78.9 Å². The number of rotatable bonds is 7. The van der Waals surface area contributed by atoms with E-state index in [-0.39, 0.29) is 18.5 Å². The normalized spacial score (nSPS) is 11.5. The lowest BCUT2D eigenvalue weighted by atomic mass is 9.99. The minimum atomic E-state index is -0.533. The zero-order valence-electron chi connectivity index (χ0n) is 17.3. The number of hydrogen-bond donors (Lipinski definition) is 3. The average Bonchev–Trinajstić information content (AvgIpc) is 2.75. The van der Waals surface area contributed by atoms with E-state index < -0.39 is 6.03 Å². The summed E-state index contributed by atoms with van der Waals surface area (Å²) in [5, 5.41) is 8.42. The molecule has 3 aromatic rings. The van der Waals surface area contributed by atoms with E-state index in [1.165, 1.54) is 5.56 Å². The summed E-state index contributed by atoms with van der Waals surface area (Å²) in [7, 11) is 0. The number of aryl methyl sites for hydroxylation is 1. The van der Waals surface area contributed by atoms with Gasteiger partial charge in [0.15, 0.2) is 0 Å². The molecule has 0 saturated carbocycles. The van der Waals surface area contributed by atoms with E-state index in [2.05, 4.69) is 28.1 Å². The smallest absolute Gasteiger partial charge is 0.307 e. The molecule has 5 heteroatoms. The Morgan fingerprint density at radius 3 is 2.20 bits per heavy atom. The van der Waals surface area contributed by atoms with Crippen LogP contribution in [0.4, 0.5) is 10.5 Å². The van der Waals surface area contributed by atoms with E-state index in [9.17, 15) is 9.59 Å². The van der Waals surface area contributed by atoms with Crippen LogP contribution in [0, 0.1) is 13.8 Å². The molecule has 0 aliphatic rings. The van der Waals surface area contributed by atoms with Crippen molar-refractivity contribution in [1.82, 2.24) is 10.6 Å². The number of carbonyl (C=O) groups excluding carboxylic acids is 2. The highest BCUT2D eigenvalue weighted by atomic mass is 16.2. The lowest BCUT2D eigenvalue weighted by Crippen LogP contribution is -2.41. The van der Waals surface area contributed by atoms with E-state index in [1.807, 2.05) is 80.6 Å². The molecule has 0 aliphatic carbocycles. The molecule has 0 heterocycles. The monoisotopic (exact) mass is 401 g/mol. The Hall–Kier alpha value is -3.44. The second-order valence-corrected chi connectivity index (χ2v) is 7.28. The van der Waals surface area contributed by atoms with Crippen LogP contribution in [-0.2, 0) is 11.2 Å². The van der Waals surface area contributed by atoms with Crippen molar-refractivity contribution in [3.63, 3.8) is 0 Å². The standard InChI is InChI=1S/C25H27N3O2/c1-18-10-9-15-22(19(18)2)27-25(30)28-24(29)17-26-23(21-13-7-4-8-14-21)16-20-11-5-3-6-12-20/h3-15,23,26H,16-17H2,1-2H3,(H2,27,28,29,30). The third-order valence-electron chi connectivity index (χ3n) is 5.10. The van der Waals surface area contributed by atoms with Crippen molar-refractivity contribution in [2.75, 3.05) is 11.9 Å². The van der Waals surface area contributed by atoms with Gasteiger partial charge in [-0.15, -0.1) is 0 Å². The largest absolute Gasteiger partial charge is 0.325 e. The van der Waals surface area contributed by atoms with Gasteiger partial charge in [-0.25, -0.2) is 4.79 Å². The van der Waals surface area contributed by atoms with Gasteiger partial charge in [-0.2, -0.15) is 0 Å². The van der Waals surface area contributed by atoms with Gasteiger partial charge in [-0.3, -0.25) is 10.1 Å². The molecule has 3 amide bonds. The number of anilines is 1. The van der Waals surface area contributed by atoms with Crippen LogP contribution in [0.1, 0.15) is 28.3 Å². The van der Waals surface area contributed by atoms with Gasteiger partial charge in [0.2, 0.25) is 5.91 Å². The maximum Gasteiger partial charge on any atom is 0.325 e. The zero-order chi connectivity index (χ0) is 21.3. The molecule has 0 saturated heterocycles. The summed E-state index contributed by atoms with van der Waals surface area (Å²) in [5.74, 6) is -0.383. The fourth-order valence-electron chi connectivity index (χ4n) is 3.27. The van der Waals surface area contributed by atoms with Gasteiger partial charge in [-0.05, 0) is 48.6 Å². The Kier molecular flexibility index (Phi) is 7.35. The van der Waals surface area contributed by atoms with Crippen molar-refractivity contribution in [3.05, 3.63) is 101 Å². The lowest BCUT2D eigenvalue weighted by Gasteiger charge is -2.19. The third-order valence-corrected chi connectivity index (χ3v) is 5.10. The molecular formula is C25H27N3O2. The fourth-order valence-corrected chi connectivity index (χ4v) is 3.27. The second-order valence-electron chi connectivity index (χ2n) is 7.28. The molecule has 154 valence electrons. The summed E-state index contributed by atoms with van der Waals surface area (Å²) < 4.78 is 0. The van der Waals surface area contributed by atoms with Crippen LogP contribution in [0.3, 0.4) is 0 Å². The van der Waals surface area contributed by atoms with Gasteiger partial charge < -0.3 is 10.6 Å². The van der Waals surface area contributed by atoms with E-state index >= 15 is 0 Å². The topological polar surface area (TPSA) is 70.2 Å². The minimum absolute atomic E-state index is 0.0343. The molecular weight excluding hydrogens is 374 g/mol. The molecule has 0 aliphatic heterocycles. The molecule has 0 aromatic heterocycles. The SMILES string of the molecule is Cc1cccc(NC(=O)NC(=O)CNC(Cc2ccccc2)c2ccccc2)c1C. The lowest BCUT2D eigenvalue weighted by molar-refractivity contribution is -0.119. The molecule has 1 unspecified atom stereocenters. The number of carbonyl (C=O) groups is 2. The van der Waals surface area contributed by atoms with Crippen molar-refractivity contribution in [2.24, 2.45) is 0 Å². The van der Waals surface area contributed by atoms with Gasteiger partial charge in [0, 0.05) is 11.7 Å². The van der Waals surface area contributed by atoms with E-state index in [4.69, 9.17) is 0 Å². The van der Waals surface area contributed by atoms with Crippen LogP contribution in [0.5, 0.6) is 0 Å². The molecule has 3 aromatic carbocycles. The molecule has 1 atom stereocenters. The van der Waals surface area contributed by atoms with Crippen LogP contribution in [0.2, 0.25) is 0 Å². The fraction of sp³-hybridized carbons (Fsp3) is 0.200. The Balaban J connectivity index is 1.58. The maximum absolute atomic E-state index is 12.3. The molecule has 0 radical (unpaired) electrons. The molecule has 0 spiro atoms. The molecule has 30 heavy (non-hydrogen) atoms. The second kappa shape index (κ2) is 10.4. The molecule has 3 rings (SSSR count). The quantitative estimate of drug-likeness (QED) is 0.545. The molecule has 0 bridgehead atoms. The highest BCUT2D eigenvalue weighted by Crippen LogP contribution is 2.19. The first-order chi connectivity index (χ1) is 14.5. The number of amides is 3.